The number of hydrogen-bond acceptors (Lipinski definition) is 4. The summed E-state index contributed by atoms with van der Waals surface area (Å²) in [7, 11) is 0. The van der Waals surface area contributed by atoms with Crippen molar-refractivity contribution >= 4 is 17.1 Å². The van der Waals surface area contributed by atoms with E-state index in [0.29, 0.717) is 0 Å². The average Bonchev–Trinajstić information content (AvgIpc) is 3.83. The molecule has 3 aliphatic rings. The number of hydrogen-bond donors (Lipinski definition) is 3. The summed E-state index contributed by atoms with van der Waals surface area (Å²) in [5.74, 6) is -2.93. The minimum absolute atomic E-state index is 0.000792. The van der Waals surface area contributed by atoms with Gasteiger partial charge in [0.15, 0.2) is 0 Å². The molecule has 3 N–H and O–H groups in total. The van der Waals surface area contributed by atoms with Crippen molar-refractivity contribution in [3.63, 3.8) is 0 Å². The number of fused-ring (bicyclic) bond motifs is 13. The van der Waals surface area contributed by atoms with Crippen molar-refractivity contribution in [1.29, 1.82) is 0 Å². The molecule has 4 heteroatoms. The zero-order valence-electron chi connectivity index (χ0n) is 38.5. The lowest BCUT2D eigenvalue weighted by Gasteiger charge is -2.34. The Morgan fingerprint density at radius 2 is 0.769 bits per heavy atom. The van der Waals surface area contributed by atoms with Crippen LogP contribution in [0.15, 0.2) is 170 Å². The Bertz CT molecular complexity index is 3180. The third-order valence-corrected chi connectivity index (χ3v) is 14.7. The second-order valence-corrected chi connectivity index (χ2v) is 21.0. The minimum atomic E-state index is -2.93. The molecule has 0 saturated carbocycles. The first kappa shape index (κ1) is 41.2. The fraction of sp³-hybridized carbons (Fsp3) is 0.213. The lowest BCUT2D eigenvalue weighted by molar-refractivity contribution is -0.323. The average molecular weight is 850 g/mol. The van der Waals surface area contributed by atoms with Crippen molar-refractivity contribution in [2.75, 3.05) is 4.90 Å². The van der Waals surface area contributed by atoms with Crippen LogP contribution in [0.4, 0.5) is 17.1 Å². The quantitative estimate of drug-likeness (QED) is 0.151. The molecule has 65 heavy (non-hydrogen) atoms. The van der Waals surface area contributed by atoms with Crippen LogP contribution in [0.3, 0.4) is 0 Å². The fourth-order valence-electron chi connectivity index (χ4n) is 11.3. The fourth-order valence-corrected chi connectivity index (χ4v) is 11.3. The lowest BCUT2D eigenvalue weighted by Crippen LogP contribution is -2.27. The van der Waals surface area contributed by atoms with Gasteiger partial charge in [0.1, 0.15) is 0 Å². The predicted molar refractivity (Wildman–Crippen MR) is 266 cm³/mol. The summed E-state index contributed by atoms with van der Waals surface area (Å²) in [6.07, 6.45) is 0. The number of anilines is 3. The van der Waals surface area contributed by atoms with Gasteiger partial charge in [0.25, 0.3) is 0 Å². The Kier molecular flexibility index (Phi) is 8.85. The summed E-state index contributed by atoms with van der Waals surface area (Å²) in [4.78, 5) is 2.40. The molecule has 3 aliphatic carbocycles. The van der Waals surface area contributed by atoms with Crippen LogP contribution in [0.1, 0.15) is 105 Å². The normalized spacial score (nSPS) is 14.9. The second-order valence-electron chi connectivity index (χ2n) is 21.0. The van der Waals surface area contributed by atoms with Gasteiger partial charge in [0.05, 0.1) is 11.1 Å². The Balaban J connectivity index is 1.20. The van der Waals surface area contributed by atoms with Crippen molar-refractivity contribution in [2.45, 2.75) is 83.0 Å². The molecule has 4 nitrogen and oxygen atoms in total. The smallest absolute Gasteiger partial charge is 0.304 e. The summed E-state index contributed by atoms with van der Waals surface area (Å²) < 4.78 is 0. The standard InChI is InChI=1S/C61H55NO3/c1-57(2,3)39-25-29-47-48-30-26-40(58(4,5)6)34-54(48)60(53(47)33-39)51-19-13-10-17-45(51)49-32-28-42(36-55(49)60)62(41-27-31-46-44-16-9-12-18-50(44)59(7,8)52(46)35-41)56-20-14-11-15-43(56)37-21-23-38(24-22-37)61(63,64)65/h9-36,63-65H,1-8H3. The van der Waals surface area contributed by atoms with Gasteiger partial charge in [0, 0.05) is 27.9 Å². The SMILES string of the molecule is CC(C)(C)c1ccc2c(c1)C1(c3ccccc3-c3ccc(N(c4ccc5c(c4)C(C)(C)c4ccccc4-5)c4ccccc4-c4ccc(C(O)(O)O)cc4)cc31)c1cc(C(C)(C)C)ccc1-2. The molecular formula is C61H55NO3. The highest BCUT2D eigenvalue weighted by Gasteiger charge is 2.52. The van der Waals surface area contributed by atoms with Gasteiger partial charge < -0.3 is 20.2 Å². The highest BCUT2D eigenvalue weighted by molar-refractivity contribution is 5.98. The van der Waals surface area contributed by atoms with Crippen LogP contribution in [-0.4, -0.2) is 15.3 Å². The van der Waals surface area contributed by atoms with Crippen molar-refractivity contribution in [3.05, 3.63) is 220 Å². The monoisotopic (exact) mass is 849 g/mol. The molecule has 0 heterocycles. The van der Waals surface area contributed by atoms with Gasteiger partial charge in [0.2, 0.25) is 0 Å². The zero-order valence-corrected chi connectivity index (χ0v) is 38.5. The van der Waals surface area contributed by atoms with E-state index in [2.05, 4.69) is 200 Å². The van der Waals surface area contributed by atoms with Crippen LogP contribution >= 0.6 is 0 Å². The molecule has 8 aromatic rings. The Morgan fingerprint density at radius 1 is 0.369 bits per heavy atom. The van der Waals surface area contributed by atoms with E-state index >= 15 is 0 Å². The van der Waals surface area contributed by atoms with Crippen LogP contribution in [0.5, 0.6) is 0 Å². The maximum Gasteiger partial charge on any atom is 0.304 e. The highest BCUT2D eigenvalue weighted by atomic mass is 16.7. The molecule has 0 unspecified atom stereocenters. The van der Waals surface area contributed by atoms with E-state index < -0.39 is 11.4 Å². The van der Waals surface area contributed by atoms with E-state index in [1.54, 1.807) is 12.1 Å². The highest BCUT2D eigenvalue weighted by Crippen LogP contribution is 2.64. The van der Waals surface area contributed by atoms with Crippen molar-refractivity contribution in [1.82, 2.24) is 0 Å². The molecular weight excluding hydrogens is 795 g/mol. The molecule has 0 aromatic heterocycles. The number of para-hydroxylation sites is 1. The molecule has 0 atom stereocenters. The predicted octanol–water partition coefficient (Wildman–Crippen LogP) is 14.2. The summed E-state index contributed by atoms with van der Waals surface area (Å²) in [6, 6.07) is 61.5. The molecule has 0 bridgehead atoms. The van der Waals surface area contributed by atoms with Gasteiger partial charge in [-0.05, 0) is 125 Å². The van der Waals surface area contributed by atoms with E-state index in [0.717, 1.165) is 28.2 Å². The van der Waals surface area contributed by atoms with Gasteiger partial charge in [-0.3, -0.25) is 0 Å². The van der Waals surface area contributed by atoms with Gasteiger partial charge in [-0.2, -0.15) is 0 Å². The molecule has 0 fully saturated rings. The van der Waals surface area contributed by atoms with E-state index in [4.69, 9.17) is 0 Å². The first-order valence-electron chi connectivity index (χ1n) is 22.8. The van der Waals surface area contributed by atoms with Crippen LogP contribution in [0.25, 0.3) is 44.5 Å². The Hall–Kier alpha value is -6.56. The maximum atomic E-state index is 10.0. The lowest BCUT2D eigenvalue weighted by atomic mass is 9.68. The zero-order chi connectivity index (χ0) is 45.4. The van der Waals surface area contributed by atoms with E-state index in [1.165, 1.54) is 77.9 Å². The molecule has 0 amide bonds. The number of rotatable bonds is 5. The first-order chi connectivity index (χ1) is 30.9. The summed E-state index contributed by atoms with van der Waals surface area (Å²) in [5.41, 5.74) is 22.0. The van der Waals surface area contributed by atoms with Crippen LogP contribution in [-0.2, 0) is 27.6 Å². The van der Waals surface area contributed by atoms with Gasteiger partial charge in [-0.25, -0.2) is 0 Å². The Labute approximate surface area is 383 Å². The molecule has 322 valence electrons. The van der Waals surface area contributed by atoms with Gasteiger partial charge in [-0.15, -0.1) is 0 Å². The molecule has 11 rings (SSSR count). The molecule has 8 aromatic carbocycles. The van der Waals surface area contributed by atoms with Gasteiger partial charge >= 0.3 is 5.97 Å². The van der Waals surface area contributed by atoms with Gasteiger partial charge in [-0.1, -0.05) is 195 Å². The van der Waals surface area contributed by atoms with Crippen LogP contribution < -0.4 is 4.90 Å². The van der Waals surface area contributed by atoms with E-state index in [9.17, 15) is 15.3 Å². The third-order valence-electron chi connectivity index (χ3n) is 14.7. The van der Waals surface area contributed by atoms with Crippen molar-refractivity contribution in [2.24, 2.45) is 0 Å². The summed E-state index contributed by atoms with van der Waals surface area (Å²) in [6.45, 7) is 18.5. The Morgan fingerprint density at radius 3 is 1.31 bits per heavy atom. The number of benzene rings is 8. The topological polar surface area (TPSA) is 63.9 Å². The first-order valence-corrected chi connectivity index (χ1v) is 22.8. The van der Waals surface area contributed by atoms with E-state index in [1.807, 2.05) is 18.2 Å². The molecule has 0 radical (unpaired) electrons. The second kappa shape index (κ2) is 14.0. The van der Waals surface area contributed by atoms with Crippen molar-refractivity contribution < 1.29 is 15.3 Å². The van der Waals surface area contributed by atoms with E-state index in [-0.39, 0.29) is 21.8 Å². The largest absolute Gasteiger partial charge is 0.340 e. The summed E-state index contributed by atoms with van der Waals surface area (Å²) in [5, 5.41) is 30.1. The third kappa shape index (κ3) is 6.08. The molecule has 1 spiro atoms. The van der Waals surface area contributed by atoms with Crippen molar-refractivity contribution in [3.8, 4) is 44.5 Å². The van der Waals surface area contributed by atoms with Crippen LogP contribution in [0, 0.1) is 0 Å². The molecule has 0 aliphatic heterocycles. The number of nitrogens with zero attached hydrogens (tertiary/aromatic N) is 1. The number of aliphatic hydroxyl groups is 3. The minimum Gasteiger partial charge on any atom is -0.340 e. The van der Waals surface area contributed by atoms with Crippen LogP contribution in [0.2, 0.25) is 0 Å². The summed E-state index contributed by atoms with van der Waals surface area (Å²) >= 11 is 0. The maximum absolute atomic E-state index is 10.0. The molecule has 0 saturated heterocycles.